The second-order valence-corrected chi connectivity index (χ2v) is 6.13. The van der Waals surface area contributed by atoms with Gasteiger partial charge in [-0.15, -0.1) is 11.8 Å². The van der Waals surface area contributed by atoms with Gasteiger partial charge in [-0.25, -0.2) is 0 Å². The molecule has 2 aromatic rings. The number of rotatable bonds is 4. The number of hydrogen-bond donors (Lipinski definition) is 1. The Morgan fingerprint density at radius 2 is 1.78 bits per heavy atom. The summed E-state index contributed by atoms with van der Waals surface area (Å²) < 4.78 is 4.89. The van der Waals surface area contributed by atoms with E-state index in [1.807, 2.05) is 37.3 Å². The molecule has 0 amide bonds. The lowest BCUT2D eigenvalue weighted by molar-refractivity contribution is -0.140. The molecule has 0 aliphatic rings. The van der Waals surface area contributed by atoms with Crippen molar-refractivity contribution >= 4 is 17.7 Å². The first-order chi connectivity index (χ1) is 11.0. The van der Waals surface area contributed by atoms with Crippen LogP contribution in [-0.4, -0.2) is 23.4 Å². The Kier molecular flexibility index (Phi) is 6.13. The van der Waals surface area contributed by atoms with Gasteiger partial charge in [-0.1, -0.05) is 11.8 Å². The van der Waals surface area contributed by atoms with Gasteiger partial charge in [0.05, 0.1) is 0 Å². The average molecular weight is 326 g/mol. The molecule has 0 aliphatic carbocycles. The Balaban J connectivity index is 1.93. The number of benzene rings is 2. The number of ether oxygens (including phenoxy) is 1. The molecule has 0 unspecified atom stereocenters. The van der Waals surface area contributed by atoms with Gasteiger partial charge in [-0.3, -0.25) is 4.79 Å². The van der Waals surface area contributed by atoms with Crippen molar-refractivity contribution < 1.29 is 14.6 Å². The first kappa shape index (κ1) is 17.0. The van der Waals surface area contributed by atoms with E-state index < -0.39 is 0 Å². The minimum absolute atomic E-state index is 0.249. The molecule has 2 aromatic carbocycles. The monoisotopic (exact) mass is 326 g/mol. The van der Waals surface area contributed by atoms with Gasteiger partial charge >= 0.3 is 5.97 Å². The topological polar surface area (TPSA) is 46.5 Å². The lowest BCUT2D eigenvalue weighted by Crippen LogP contribution is -2.02. The van der Waals surface area contributed by atoms with Crippen LogP contribution in [0, 0.1) is 18.8 Å². The van der Waals surface area contributed by atoms with Gasteiger partial charge in [0.15, 0.2) is 0 Å². The van der Waals surface area contributed by atoms with E-state index in [-0.39, 0.29) is 11.7 Å². The van der Waals surface area contributed by atoms with Crippen molar-refractivity contribution in [2.24, 2.45) is 0 Å². The molecule has 0 fully saturated rings. The van der Waals surface area contributed by atoms with E-state index in [1.54, 1.807) is 23.9 Å². The maximum atomic E-state index is 10.7. The van der Waals surface area contributed by atoms with E-state index in [4.69, 9.17) is 4.74 Å². The number of hydrogen-bond acceptors (Lipinski definition) is 4. The van der Waals surface area contributed by atoms with Gasteiger partial charge in [0.25, 0.3) is 0 Å². The fourth-order valence-electron chi connectivity index (χ4n) is 1.86. The zero-order valence-corrected chi connectivity index (χ0v) is 13.9. The van der Waals surface area contributed by atoms with E-state index in [2.05, 4.69) is 11.8 Å². The molecule has 0 aromatic heterocycles. The molecule has 0 atom stereocenters. The predicted molar refractivity (Wildman–Crippen MR) is 92.6 cm³/mol. The van der Waals surface area contributed by atoms with E-state index in [0.717, 1.165) is 27.3 Å². The molecule has 118 valence electrons. The molecular formula is C19H18O3S. The molecule has 2 rings (SSSR count). The number of esters is 1. The lowest BCUT2D eigenvalue weighted by Gasteiger charge is -2.02. The quantitative estimate of drug-likeness (QED) is 0.402. The highest BCUT2D eigenvalue weighted by molar-refractivity contribution is 7.99. The van der Waals surface area contributed by atoms with Crippen LogP contribution < -0.4 is 0 Å². The van der Waals surface area contributed by atoms with Crippen molar-refractivity contribution in [2.75, 3.05) is 12.4 Å². The molecular weight excluding hydrogens is 308 g/mol. The summed E-state index contributed by atoms with van der Waals surface area (Å²) in [5, 5.41) is 9.50. The minimum Gasteiger partial charge on any atom is -0.508 e. The van der Waals surface area contributed by atoms with E-state index in [0.29, 0.717) is 6.61 Å². The maximum Gasteiger partial charge on any atom is 0.302 e. The van der Waals surface area contributed by atoms with Crippen LogP contribution in [0.1, 0.15) is 23.6 Å². The first-order valence-electron chi connectivity index (χ1n) is 7.22. The van der Waals surface area contributed by atoms with Gasteiger partial charge in [-0.2, -0.15) is 0 Å². The van der Waals surface area contributed by atoms with Crippen LogP contribution in [0.5, 0.6) is 5.75 Å². The molecule has 0 heterocycles. The summed E-state index contributed by atoms with van der Waals surface area (Å²) in [5.41, 5.74) is 2.62. The minimum atomic E-state index is -0.249. The van der Waals surface area contributed by atoms with Crippen LogP contribution in [0.2, 0.25) is 0 Å². The first-order valence-corrected chi connectivity index (χ1v) is 8.21. The number of aryl methyl sites for hydroxylation is 1. The molecule has 0 saturated carbocycles. The number of phenolic OH excluding ortho intramolecular Hbond substituents is 1. The second-order valence-electron chi connectivity index (χ2n) is 4.96. The van der Waals surface area contributed by atoms with Crippen molar-refractivity contribution in [1.82, 2.24) is 0 Å². The third-order valence-corrected chi connectivity index (χ3v) is 4.04. The lowest BCUT2D eigenvalue weighted by atomic mass is 10.1. The zero-order chi connectivity index (χ0) is 16.7. The Morgan fingerprint density at radius 3 is 2.43 bits per heavy atom. The van der Waals surface area contributed by atoms with E-state index in [1.165, 1.54) is 6.92 Å². The van der Waals surface area contributed by atoms with Gasteiger partial charge in [-0.05, 0) is 55.0 Å². The van der Waals surface area contributed by atoms with Crippen LogP contribution in [0.4, 0.5) is 0 Å². The van der Waals surface area contributed by atoms with Crippen molar-refractivity contribution in [3.05, 3.63) is 59.2 Å². The Morgan fingerprint density at radius 1 is 1.13 bits per heavy atom. The summed E-state index contributed by atoms with van der Waals surface area (Å²) in [6.07, 6.45) is 0. The fraction of sp³-hybridized carbons (Fsp3) is 0.211. The molecule has 0 aliphatic heterocycles. The third-order valence-electron chi connectivity index (χ3n) is 3.06. The Hall–Kier alpha value is -2.38. The van der Waals surface area contributed by atoms with E-state index in [9.17, 15) is 9.90 Å². The van der Waals surface area contributed by atoms with Crippen molar-refractivity contribution in [1.29, 1.82) is 0 Å². The van der Waals surface area contributed by atoms with Crippen molar-refractivity contribution in [2.45, 2.75) is 18.7 Å². The van der Waals surface area contributed by atoms with Crippen molar-refractivity contribution in [3.63, 3.8) is 0 Å². The standard InChI is InChI=1S/C19H18O3S/c1-14-13-17(7-10-19(14)21)4-3-16-5-8-18(9-6-16)23-12-11-22-15(2)20/h5-10,13,21H,11-12H2,1-2H3. The zero-order valence-electron chi connectivity index (χ0n) is 13.1. The second kappa shape index (κ2) is 8.30. The van der Waals surface area contributed by atoms with Gasteiger partial charge in [0.1, 0.15) is 12.4 Å². The molecule has 0 spiro atoms. The summed E-state index contributed by atoms with van der Waals surface area (Å²) >= 11 is 1.64. The number of phenols is 1. The number of aromatic hydroxyl groups is 1. The largest absolute Gasteiger partial charge is 0.508 e. The highest BCUT2D eigenvalue weighted by Gasteiger charge is 1.97. The highest BCUT2D eigenvalue weighted by atomic mass is 32.2. The van der Waals surface area contributed by atoms with Crippen LogP contribution >= 0.6 is 11.8 Å². The predicted octanol–water partition coefficient (Wildman–Crippen LogP) is 3.76. The molecule has 1 N–H and O–H groups in total. The molecule has 0 saturated heterocycles. The Bertz CT molecular complexity index is 739. The number of carbonyl (C=O) groups is 1. The van der Waals surface area contributed by atoms with Crippen LogP contribution in [0.3, 0.4) is 0 Å². The molecule has 23 heavy (non-hydrogen) atoms. The highest BCUT2D eigenvalue weighted by Crippen LogP contribution is 2.18. The molecule has 3 nitrogen and oxygen atoms in total. The summed E-state index contributed by atoms with van der Waals surface area (Å²) in [5.74, 6) is 6.96. The van der Waals surface area contributed by atoms with Crippen LogP contribution in [-0.2, 0) is 9.53 Å². The van der Waals surface area contributed by atoms with Crippen molar-refractivity contribution in [3.8, 4) is 17.6 Å². The summed E-state index contributed by atoms with van der Waals surface area (Å²) in [7, 11) is 0. The maximum absolute atomic E-state index is 10.7. The normalized spacial score (nSPS) is 9.83. The third kappa shape index (κ3) is 5.72. The average Bonchev–Trinajstić information content (AvgIpc) is 2.53. The summed E-state index contributed by atoms with van der Waals surface area (Å²) in [6, 6.07) is 13.3. The summed E-state index contributed by atoms with van der Waals surface area (Å²) in [4.78, 5) is 11.8. The number of thioether (sulfide) groups is 1. The molecule has 0 radical (unpaired) electrons. The van der Waals surface area contributed by atoms with E-state index >= 15 is 0 Å². The van der Waals surface area contributed by atoms with Crippen LogP contribution in [0.15, 0.2) is 47.4 Å². The smallest absolute Gasteiger partial charge is 0.302 e. The van der Waals surface area contributed by atoms with Gasteiger partial charge in [0, 0.05) is 28.7 Å². The van der Waals surface area contributed by atoms with Crippen LogP contribution in [0.25, 0.3) is 0 Å². The molecule has 0 bridgehead atoms. The number of carbonyl (C=O) groups excluding carboxylic acids is 1. The Labute approximate surface area is 140 Å². The molecule has 4 heteroatoms. The van der Waals surface area contributed by atoms with Gasteiger partial charge in [0.2, 0.25) is 0 Å². The summed E-state index contributed by atoms with van der Waals surface area (Å²) in [6.45, 7) is 3.68. The van der Waals surface area contributed by atoms with Gasteiger partial charge < -0.3 is 9.84 Å². The fourth-order valence-corrected chi connectivity index (χ4v) is 2.59. The SMILES string of the molecule is CC(=O)OCCSc1ccc(C#Cc2ccc(O)c(C)c2)cc1.